The van der Waals surface area contributed by atoms with Crippen molar-refractivity contribution >= 4 is 16.8 Å². The van der Waals surface area contributed by atoms with Crippen LogP contribution in [0.5, 0.6) is 5.75 Å². The molecule has 0 atom stereocenters. The molecule has 5 heteroatoms. The molecule has 0 fully saturated rings. The molecule has 0 aliphatic carbocycles. The molecule has 1 amide bonds. The van der Waals surface area contributed by atoms with Crippen LogP contribution in [0.2, 0.25) is 0 Å². The Kier molecular flexibility index (Phi) is 3.55. The zero-order chi connectivity index (χ0) is 14.0. The molecule has 2 rings (SSSR count). The number of amides is 1. The van der Waals surface area contributed by atoms with E-state index in [1.54, 1.807) is 24.3 Å². The van der Waals surface area contributed by atoms with Gasteiger partial charge in [-0.05, 0) is 18.6 Å². The number of aryl methyl sites for hydroxylation is 1. The first kappa shape index (κ1) is 13.1. The highest BCUT2D eigenvalue weighted by Gasteiger charge is 2.20. The Bertz CT molecular complexity index is 689. The van der Waals surface area contributed by atoms with Crippen LogP contribution in [0.4, 0.5) is 0 Å². The van der Waals surface area contributed by atoms with Gasteiger partial charge in [-0.2, -0.15) is 0 Å². The number of carbonyl (C=O) groups is 1. The van der Waals surface area contributed by atoms with Gasteiger partial charge in [-0.25, -0.2) is 0 Å². The molecule has 0 aliphatic rings. The van der Waals surface area contributed by atoms with E-state index in [2.05, 4.69) is 5.32 Å². The third-order valence-corrected chi connectivity index (χ3v) is 3.05. The average molecular weight is 260 g/mol. The Morgan fingerprint density at radius 1 is 1.37 bits per heavy atom. The van der Waals surface area contributed by atoms with Crippen LogP contribution in [0.25, 0.3) is 10.9 Å². The maximum absolute atomic E-state index is 12.3. The second kappa shape index (κ2) is 5.14. The lowest BCUT2D eigenvalue weighted by Gasteiger charge is -2.13. The van der Waals surface area contributed by atoms with Crippen LogP contribution in [0.1, 0.15) is 23.7 Å². The molecule has 0 spiro atoms. The first-order valence-corrected chi connectivity index (χ1v) is 6.18. The standard InChI is InChI=1S/C14H16N2O3/c1-3-8-16-10-7-5-4-6-9(10)12(17)11(14(16)19)13(18)15-2/h4-7,17H,3,8H2,1-2H3,(H,15,18). The maximum atomic E-state index is 12.3. The monoisotopic (exact) mass is 260 g/mol. The van der Waals surface area contributed by atoms with Gasteiger partial charge in [-0.3, -0.25) is 9.59 Å². The fourth-order valence-electron chi connectivity index (χ4n) is 2.16. The zero-order valence-electron chi connectivity index (χ0n) is 10.9. The zero-order valence-corrected chi connectivity index (χ0v) is 10.9. The molecule has 2 N–H and O–H groups in total. The summed E-state index contributed by atoms with van der Waals surface area (Å²) < 4.78 is 1.53. The SMILES string of the molecule is CCCn1c(=O)c(C(=O)NC)c(O)c2ccccc21. The highest BCUT2D eigenvalue weighted by molar-refractivity contribution is 6.02. The van der Waals surface area contributed by atoms with Crippen molar-refractivity contribution in [1.82, 2.24) is 9.88 Å². The van der Waals surface area contributed by atoms with Crippen LogP contribution in [0.15, 0.2) is 29.1 Å². The number of carbonyl (C=O) groups excluding carboxylic acids is 1. The van der Waals surface area contributed by atoms with Crippen molar-refractivity contribution < 1.29 is 9.90 Å². The van der Waals surface area contributed by atoms with E-state index < -0.39 is 11.5 Å². The van der Waals surface area contributed by atoms with E-state index >= 15 is 0 Å². The van der Waals surface area contributed by atoms with Gasteiger partial charge in [-0.1, -0.05) is 19.1 Å². The molecule has 0 unspecified atom stereocenters. The summed E-state index contributed by atoms with van der Waals surface area (Å²) in [6.07, 6.45) is 0.766. The van der Waals surface area contributed by atoms with Crippen molar-refractivity contribution in [3.8, 4) is 5.75 Å². The highest BCUT2D eigenvalue weighted by Crippen LogP contribution is 2.26. The molecule has 0 aliphatic heterocycles. The fourth-order valence-corrected chi connectivity index (χ4v) is 2.16. The van der Waals surface area contributed by atoms with E-state index in [-0.39, 0.29) is 11.3 Å². The molecular formula is C14H16N2O3. The molecule has 1 aromatic carbocycles. The van der Waals surface area contributed by atoms with Gasteiger partial charge in [0.05, 0.1) is 5.52 Å². The molecule has 19 heavy (non-hydrogen) atoms. The number of pyridine rings is 1. The molecule has 0 saturated heterocycles. The normalized spacial score (nSPS) is 10.6. The van der Waals surface area contributed by atoms with E-state index in [1.165, 1.54) is 11.6 Å². The van der Waals surface area contributed by atoms with E-state index in [0.717, 1.165) is 6.42 Å². The lowest BCUT2D eigenvalue weighted by Crippen LogP contribution is -2.31. The van der Waals surface area contributed by atoms with Gasteiger partial charge in [0.2, 0.25) is 0 Å². The van der Waals surface area contributed by atoms with Gasteiger partial charge in [0.15, 0.2) is 0 Å². The second-order valence-electron chi connectivity index (χ2n) is 4.28. The summed E-state index contributed by atoms with van der Waals surface area (Å²) >= 11 is 0. The van der Waals surface area contributed by atoms with Crippen molar-refractivity contribution in [1.29, 1.82) is 0 Å². The minimum Gasteiger partial charge on any atom is -0.506 e. The third-order valence-electron chi connectivity index (χ3n) is 3.05. The number of aromatic hydroxyl groups is 1. The fraction of sp³-hybridized carbons (Fsp3) is 0.286. The van der Waals surface area contributed by atoms with Gasteiger partial charge in [0, 0.05) is 19.0 Å². The molecule has 100 valence electrons. The number of nitrogens with one attached hydrogen (secondary N) is 1. The summed E-state index contributed by atoms with van der Waals surface area (Å²) in [5.41, 5.74) is -0.0217. The van der Waals surface area contributed by atoms with Crippen molar-refractivity contribution in [2.24, 2.45) is 0 Å². The van der Waals surface area contributed by atoms with Gasteiger partial charge < -0.3 is 15.0 Å². The number of benzene rings is 1. The van der Waals surface area contributed by atoms with E-state index in [9.17, 15) is 14.7 Å². The first-order chi connectivity index (χ1) is 9.11. The Morgan fingerprint density at radius 2 is 2.05 bits per heavy atom. The summed E-state index contributed by atoms with van der Waals surface area (Å²) in [7, 11) is 1.43. The summed E-state index contributed by atoms with van der Waals surface area (Å²) in [6, 6.07) is 7.02. The predicted octanol–water partition coefficient (Wildman–Crippen LogP) is 1.48. The number of para-hydroxylation sites is 1. The molecule has 5 nitrogen and oxygen atoms in total. The Balaban J connectivity index is 2.91. The van der Waals surface area contributed by atoms with Crippen LogP contribution in [-0.2, 0) is 6.54 Å². The minimum absolute atomic E-state index is 0.199. The van der Waals surface area contributed by atoms with Crippen LogP contribution in [0.3, 0.4) is 0 Å². The van der Waals surface area contributed by atoms with Crippen LogP contribution >= 0.6 is 0 Å². The topological polar surface area (TPSA) is 71.3 Å². The molecule has 0 saturated carbocycles. The lowest BCUT2D eigenvalue weighted by atomic mass is 10.1. The number of aromatic nitrogens is 1. The molecule has 1 aromatic heterocycles. The van der Waals surface area contributed by atoms with Crippen LogP contribution < -0.4 is 10.9 Å². The van der Waals surface area contributed by atoms with Crippen molar-refractivity contribution in [2.45, 2.75) is 19.9 Å². The average Bonchev–Trinajstić information content (AvgIpc) is 2.43. The van der Waals surface area contributed by atoms with Crippen molar-refractivity contribution in [2.75, 3.05) is 7.05 Å². The Morgan fingerprint density at radius 3 is 2.68 bits per heavy atom. The minimum atomic E-state index is -0.571. The van der Waals surface area contributed by atoms with E-state index in [1.807, 2.05) is 6.92 Å². The number of nitrogens with zero attached hydrogens (tertiary/aromatic N) is 1. The quantitative estimate of drug-likeness (QED) is 0.878. The second-order valence-corrected chi connectivity index (χ2v) is 4.28. The van der Waals surface area contributed by atoms with Gasteiger partial charge in [0.25, 0.3) is 11.5 Å². The first-order valence-electron chi connectivity index (χ1n) is 6.18. The Hall–Kier alpha value is -2.30. The lowest BCUT2D eigenvalue weighted by molar-refractivity contribution is 0.0958. The maximum Gasteiger partial charge on any atom is 0.267 e. The largest absolute Gasteiger partial charge is 0.506 e. The van der Waals surface area contributed by atoms with Gasteiger partial charge in [-0.15, -0.1) is 0 Å². The van der Waals surface area contributed by atoms with E-state index in [0.29, 0.717) is 17.4 Å². The van der Waals surface area contributed by atoms with Crippen LogP contribution in [-0.4, -0.2) is 22.6 Å². The van der Waals surface area contributed by atoms with Gasteiger partial charge >= 0.3 is 0 Å². The van der Waals surface area contributed by atoms with Crippen molar-refractivity contribution in [3.63, 3.8) is 0 Å². The summed E-state index contributed by atoms with van der Waals surface area (Å²) in [4.78, 5) is 24.1. The number of fused-ring (bicyclic) bond motifs is 1. The summed E-state index contributed by atoms with van der Waals surface area (Å²) in [6.45, 7) is 2.46. The molecular weight excluding hydrogens is 244 g/mol. The smallest absolute Gasteiger partial charge is 0.267 e. The van der Waals surface area contributed by atoms with E-state index in [4.69, 9.17) is 0 Å². The predicted molar refractivity (Wildman–Crippen MR) is 73.6 cm³/mol. The number of rotatable bonds is 3. The number of hydrogen-bond donors (Lipinski definition) is 2. The molecule has 2 aromatic rings. The molecule has 0 radical (unpaired) electrons. The van der Waals surface area contributed by atoms with Gasteiger partial charge in [0.1, 0.15) is 11.3 Å². The molecule has 1 heterocycles. The Labute approximate surface area is 110 Å². The van der Waals surface area contributed by atoms with Crippen molar-refractivity contribution in [3.05, 3.63) is 40.2 Å². The number of hydrogen-bond acceptors (Lipinski definition) is 3. The summed E-state index contributed by atoms with van der Waals surface area (Å²) in [5.74, 6) is -0.828. The van der Waals surface area contributed by atoms with Crippen LogP contribution in [0, 0.1) is 0 Å². The molecule has 0 bridgehead atoms. The highest BCUT2D eigenvalue weighted by atomic mass is 16.3. The third kappa shape index (κ3) is 2.07. The summed E-state index contributed by atoms with van der Waals surface area (Å²) in [5, 5.41) is 13.0.